The Morgan fingerprint density at radius 2 is 2.00 bits per heavy atom. The maximum Gasteiger partial charge on any atom is 0.256 e. The lowest BCUT2D eigenvalue weighted by atomic mass is 10.1. The zero-order chi connectivity index (χ0) is 14.5. The molecular formula is C15H16ClN3O. The number of carbonyl (C=O) groups is 1. The lowest BCUT2D eigenvalue weighted by Gasteiger charge is -2.19. The van der Waals surface area contributed by atoms with Crippen LogP contribution in [0.4, 0.5) is 5.69 Å². The molecule has 0 radical (unpaired) electrons. The van der Waals surface area contributed by atoms with Gasteiger partial charge in [-0.25, -0.2) is 0 Å². The van der Waals surface area contributed by atoms with Crippen molar-refractivity contribution in [2.45, 2.75) is 6.54 Å². The first-order valence-electron chi connectivity index (χ1n) is 6.23. The van der Waals surface area contributed by atoms with E-state index in [0.717, 1.165) is 11.3 Å². The summed E-state index contributed by atoms with van der Waals surface area (Å²) in [5.41, 5.74) is 2.37. The molecule has 0 fully saturated rings. The number of anilines is 1. The third-order valence-electron chi connectivity index (χ3n) is 3.00. The molecule has 0 saturated carbocycles. The van der Waals surface area contributed by atoms with Crippen molar-refractivity contribution in [1.82, 2.24) is 9.88 Å². The molecule has 5 heteroatoms. The molecule has 1 amide bonds. The summed E-state index contributed by atoms with van der Waals surface area (Å²) in [4.78, 5) is 18.1. The van der Waals surface area contributed by atoms with Crippen LogP contribution in [0.5, 0.6) is 0 Å². The number of hydrogen-bond acceptors (Lipinski definition) is 3. The van der Waals surface area contributed by atoms with Crippen molar-refractivity contribution in [2.24, 2.45) is 0 Å². The first kappa shape index (κ1) is 14.3. The van der Waals surface area contributed by atoms with Crippen molar-refractivity contribution in [1.29, 1.82) is 0 Å². The number of benzene rings is 1. The van der Waals surface area contributed by atoms with Gasteiger partial charge in [-0.15, -0.1) is 0 Å². The molecule has 2 rings (SSSR count). The van der Waals surface area contributed by atoms with E-state index in [4.69, 9.17) is 11.6 Å². The molecule has 0 aliphatic carbocycles. The summed E-state index contributed by atoms with van der Waals surface area (Å²) < 4.78 is 0. The molecule has 0 atom stereocenters. The van der Waals surface area contributed by atoms with E-state index >= 15 is 0 Å². The van der Waals surface area contributed by atoms with Gasteiger partial charge in [-0.1, -0.05) is 23.7 Å². The summed E-state index contributed by atoms with van der Waals surface area (Å²) in [7, 11) is 3.55. The fraction of sp³-hybridized carbons (Fsp3) is 0.200. The van der Waals surface area contributed by atoms with Crippen molar-refractivity contribution >= 4 is 23.2 Å². The molecular weight excluding hydrogens is 274 g/mol. The second kappa shape index (κ2) is 6.39. The minimum atomic E-state index is -0.0494. The maximum atomic E-state index is 12.4. The number of hydrogen-bond donors (Lipinski definition) is 1. The van der Waals surface area contributed by atoms with Crippen LogP contribution < -0.4 is 5.32 Å². The lowest BCUT2D eigenvalue weighted by molar-refractivity contribution is 0.0786. The number of pyridine rings is 1. The second-order valence-corrected chi connectivity index (χ2v) is 4.90. The lowest BCUT2D eigenvalue weighted by Crippen LogP contribution is -2.26. The van der Waals surface area contributed by atoms with Crippen molar-refractivity contribution < 1.29 is 4.79 Å². The Hall–Kier alpha value is -2.07. The van der Waals surface area contributed by atoms with Gasteiger partial charge < -0.3 is 10.2 Å². The quantitative estimate of drug-likeness (QED) is 0.941. The smallest absolute Gasteiger partial charge is 0.256 e. The molecule has 1 heterocycles. The van der Waals surface area contributed by atoms with Gasteiger partial charge in [-0.05, 0) is 23.8 Å². The number of nitrogens with zero attached hydrogens (tertiary/aromatic N) is 2. The summed E-state index contributed by atoms with van der Waals surface area (Å²) >= 11 is 5.85. The van der Waals surface area contributed by atoms with E-state index in [0.29, 0.717) is 17.1 Å². The highest BCUT2D eigenvalue weighted by atomic mass is 35.5. The van der Waals surface area contributed by atoms with Gasteiger partial charge in [0.2, 0.25) is 0 Å². The third kappa shape index (κ3) is 3.27. The van der Waals surface area contributed by atoms with E-state index in [-0.39, 0.29) is 5.91 Å². The molecule has 0 bridgehead atoms. The van der Waals surface area contributed by atoms with E-state index in [1.165, 1.54) is 0 Å². The minimum Gasteiger partial charge on any atom is -0.386 e. The molecule has 0 aliphatic rings. The van der Waals surface area contributed by atoms with Crippen LogP contribution in [0.3, 0.4) is 0 Å². The second-order valence-electron chi connectivity index (χ2n) is 4.46. The summed E-state index contributed by atoms with van der Waals surface area (Å²) in [6, 6.07) is 9.18. The molecule has 1 aromatic heterocycles. The molecule has 0 aliphatic heterocycles. The van der Waals surface area contributed by atoms with Gasteiger partial charge in [-0.3, -0.25) is 9.78 Å². The third-order valence-corrected chi connectivity index (χ3v) is 3.25. The zero-order valence-electron chi connectivity index (χ0n) is 11.4. The van der Waals surface area contributed by atoms with Crippen LogP contribution in [0.15, 0.2) is 42.7 Å². The zero-order valence-corrected chi connectivity index (χ0v) is 12.2. The van der Waals surface area contributed by atoms with E-state index in [1.54, 1.807) is 37.5 Å². The molecule has 0 unspecified atom stereocenters. The Balaban J connectivity index is 2.14. The summed E-state index contributed by atoms with van der Waals surface area (Å²) in [5.74, 6) is -0.0494. The van der Waals surface area contributed by atoms with Crippen molar-refractivity contribution in [3.63, 3.8) is 0 Å². The molecule has 1 N–H and O–H groups in total. The fourth-order valence-corrected chi connectivity index (χ4v) is 2.05. The van der Waals surface area contributed by atoms with Gasteiger partial charge in [0.05, 0.1) is 17.4 Å². The van der Waals surface area contributed by atoms with Gasteiger partial charge in [0.15, 0.2) is 0 Å². The monoisotopic (exact) mass is 289 g/mol. The summed E-state index contributed by atoms with van der Waals surface area (Å²) in [6.45, 7) is 0.529. The van der Waals surface area contributed by atoms with Crippen LogP contribution in [-0.4, -0.2) is 29.9 Å². The van der Waals surface area contributed by atoms with Gasteiger partial charge >= 0.3 is 0 Å². The number of amides is 1. The van der Waals surface area contributed by atoms with Crippen LogP contribution in [0.25, 0.3) is 0 Å². The predicted molar refractivity (Wildman–Crippen MR) is 81.0 cm³/mol. The van der Waals surface area contributed by atoms with E-state index in [9.17, 15) is 4.79 Å². The Morgan fingerprint density at radius 3 is 2.65 bits per heavy atom. The SMILES string of the molecule is CNc1cnccc1C(=O)N(C)Cc1ccc(Cl)cc1. The van der Waals surface area contributed by atoms with Crippen molar-refractivity contribution in [2.75, 3.05) is 19.4 Å². The molecule has 1 aromatic carbocycles. The molecule has 0 saturated heterocycles. The van der Waals surface area contributed by atoms with Gasteiger partial charge in [-0.2, -0.15) is 0 Å². The van der Waals surface area contributed by atoms with E-state index in [2.05, 4.69) is 10.3 Å². The van der Waals surface area contributed by atoms with Gasteiger partial charge in [0, 0.05) is 31.9 Å². The number of rotatable bonds is 4. The standard InChI is InChI=1S/C15H16ClN3O/c1-17-14-9-18-8-7-13(14)15(20)19(2)10-11-3-5-12(16)6-4-11/h3-9,17H,10H2,1-2H3. The topological polar surface area (TPSA) is 45.2 Å². The molecule has 2 aromatic rings. The van der Waals surface area contributed by atoms with Crippen molar-refractivity contribution in [3.8, 4) is 0 Å². The summed E-state index contributed by atoms with van der Waals surface area (Å²) in [5, 5.41) is 3.66. The van der Waals surface area contributed by atoms with Crippen LogP contribution in [-0.2, 0) is 6.54 Å². The van der Waals surface area contributed by atoms with E-state index in [1.807, 2.05) is 24.3 Å². The van der Waals surface area contributed by atoms with Crippen LogP contribution in [0.1, 0.15) is 15.9 Å². The molecule has 20 heavy (non-hydrogen) atoms. The largest absolute Gasteiger partial charge is 0.386 e. The normalized spacial score (nSPS) is 10.2. The van der Waals surface area contributed by atoms with Gasteiger partial charge in [0.25, 0.3) is 5.91 Å². The average Bonchev–Trinajstić information content (AvgIpc) is 2.48. The highest BCUT2D eigenvalue weighted by Gasteiger charge is 2.15. The highest BCUT2D eigenvalue weighted by molar-refractivity contribution is 6.30. The van der Waals surface area contributed by atoms with Crippen LogP contribution in [0.2, 0.25) is 5.02 Å². The number of carbonyl (C=O) groups excluding carboxylic acids is 1. The highest BCUT2D eigenvalue weighted by Crippen LogP contribution is 2.16. The van der Waals surface area contributed by atoms with Gasteiger partial charge in [0.1, 0.15) is 0 Å². The average molecular weight is 290 g/mol. The number of nitrogens with one attached hydrogen (secondary N) is 1. The number of halogens is 1. The Bertz CT molecular complexity index is 598. The first-order chi connectivity index (χ1) is 9.61. The fourth-order valence-electron chi connectivity index (χ4n) is 1.92. The molecule has 4 nitrogen and oxygen atoms in total. The minimum absolute atomic E-state index is 0.0494. The summed E-state index contributed by atoms with van der Waals surface area (Å²) in [6.07, 6.45) is 3.26. The number of aromatic nitrogens is 1. The molecule has 104 valence electrons. The molecule has 0 spiro atoms. The maximum absolute atomic E-state index is 12.4. The van der Waals surface area contributed by atoms with Crippen LogP contribution >= 0.6 is 11.6 Å². The van der Waals surface area contributed by atoms with Crippen molar-refractivity contribution in [3.05, 3.63) is 58.9 Å². The van der Waals surface area contributed by atoms with E-state index < -0.39 is 0 Å². The Kier molecular flexibility index (Phi) is 4.58. The van der Waals surface area contributed by atoms with Crippen LogP contribution in [0, 0.1) is 0 Å². The Labute approximate surface area is 123 Å². The first-order valence-corrected chi connectivity index (χ1v) is 6.61. The Morgan fingerprint density at radius 1 is 1.30 bits per heavy atom. The predicted octanol–water partition coefficient (Wildman–Crippen LogP) is 3.05.